The van der Waals surface area contributed by atoms with Gasteiger partial charge in [0.1, 0.15) is 0 Å². The largest absolute Gasteiger partial charge is 0.309 e. The fourth-order valence-electron chi connectivity index (χ4n) is 2.38. The Hall–Kier alpha value is -1.33. The van der Waals surface area contributed by atoms with Crippen molar-refractivity contribution in [2.45, 2.75) is 40.7 Å². The zero-order valence-corrected chi connectivity index (χ0v) is 11.5. The summed E-state index contributed by atoms with van der Waals surface area (Å²) >= 11 is 0. The predicted octanol–water partition coefficient (Wildman–Crippen LogP) is 3.42. The van der Waals surface area contributed by atoms with Crippen LogP contribution in [0.5, 0.6) is 0 Å². The van der Waals surface area contributed by atoms with E-state index in [1.165, 1.54) is 22.3 Å². The van der Waals surface area contributed by atoms with Crippen molar-refractivity contribution in [3.63, 3.8) is 0 Å². The van der Waals surface area contributed by atoms with Crippen LogP contribution < -0.4 is 5.32 Å². The number of nitrogens with zero attached hydrogens (tertiary/aromatic N) is 1. The van der Waals surface area contributed by atoms with Gasteiger partial charge in [0.25, 0.3) is 0 Å². The van der Waals surface area contributed by atoms with Crippen LogP contribution in [0.25, 0.3) is 0 Å². The van der Waals surface area contributed by atoms with E-state index in [2.05, 4.69) is 51.2 Å². The molecule has 0 aliphatic heterocycles. The minimum Gasteiger partial charge on any atom is -0.309 e. The van der Waals surface area contributed by atoms with E-state index in [1.807, 2.05) is 6.92 Å². The zero-order chi connectivity index (χ0) is 13.0. The average Bonchev–Trinajstić information content (AvgIpc) is 2.24. The molecule has 1 rings (SSSR count). The highest BCUT2D eigenvalue weighted by atomic mass is 14.9. The van der Waals surface area contributed by atoms with Crippen molar-refractivity contribution in [3.8, 4) is 6.07 Å². The monoisotopic (exact) mass is 230 g/mol. The number of nitriles is 1. The Bertz CT molecular complexity index is 406. The first-order valence-corrected chi connectivity index (χ1v) is 6.16. The first-order valence-electron chi connectivity index (χ1n) is 6.16. The Morgan fingerprint density at radius 3 is 2.18 bits per heavy atom. The van der Waals surface area contributed by atoms with Crippen LogP contribution in [-0.4, -0.2) is 6.54 Å². The summed E-state index contributed by atoms with van der Waals surface area (Å²) in [5, 5.41) is 12.2. The molecule has 0 fully saturated rings. The topological polar surface area (TPSA) is 35.8 Å². The molecule has 17 heavy (non-hydrogen) atoms. The molecule has 0 spiro atoms. The summed E-state index contributed by atoms with van der Waals surface area (Å²) in [6, 6.07) is 6.98. The van der Waals surface area contributed by atoms with Crippen LogP contribution in [0.2, 0.25) is 0 Å². The third-order valence-corrected chi connectivity index (χ3v) is 3.12. The molecule has 92 valence electrons. The van der Waals surface area contributed by atoms with E-state index >= 15 is 0 Å². The molecule has 0 aliphatic rings. The number of rotatable bonds is 4. The van der Waals surface area contributed by atoms with Gasteiger partial charge in [0, 0.05) is 12.6 Å². The molecule has 1 N–H and O–H groups in total. The second-order valence-corrected chi connectivity index (χ2v) is 4.97. The van der Waals surface area contributed by atoms with Gasteiger partial charge in [-0.05, 0) is 51.3 Å². The molecule has 0 saturated heterocycles. The van der Waals surface area contributed by atoms with E-state index in [-0.39, 0.29) is 5.92 Å². The van der Waals surface area contributed by atoms with E-state index in [1.54, 1.807) is 0 Å². The lowest BCUT2D eigenvalue weighted by Crippen LogP contribution is -2.25. The van der Waals surface area contributed by atoms with Crippen LogP contribution >= 0.6 is 0 Å². The highest BCUT2D eigenvalue weighted by molar-refractivity contribution is 5.39. The average molecular weight is 230 g/mol. The summed E-state index contributed by atoms with van der Waals surface area (Å²) in [6.45, 7) is 11.3. The van der Waals surface area contributed by atoms with Crippen molar-refractivity contribution in [2.24, 2.45) is 5.92 Å². The number of hydrogen-bond acceptors (Lipinski definition) is 2. The van der Waals surface area contributed by atoms with Gasteiger partial charge >= 0.3 is 0 Å². The molecule has 0 saturated carbocycles. The fourth-order valence-corrected chi connectivity index (χ4v) is 2.38. The van der Waals surface area contributed by atoms with Gasteiger partial charge in [-0.15, -0.1) is 0 Å². The number of aryl methyl sites for hydroxylation is 3. The smallest absolute Gasteiger partial charge is 0.0666 e. The van der Waals surface area contributed by atoms with Crippen molar-refractivity contribution in [1.29, 1.82) is 5.26 Å². The first-order chi connectivity index (χ1) is 7.95. The van der Waals surface area contributed by atoms with Gasteiger partial charge in [0.05, 0.1) is 12.0 Å². The molecule has 0 aliphatic carbocycles. The van der Waals surface area contributed by atoms with Crippen molar-refractivity contribution in [1.82, 2.24) is 5.32 Å². The molecule has 1 aromatic rings. The van der Waals surface area contributed by atoms with Gasteiger partial charge in [-0.2, -0.15) is 5.26 Å². The lowest BCUT2D eigenvalue weighted by molar-refractivity contribution is 0.524. The summed E-state index contributed by atoms with van der Waals surface area (Å²) in [5.74, 6) is 0.0588. The van der Waals surface area contributed by atoms with E-state index in [0.29, 0.717) is 6.04 Å². The first kappa shape index (κ1) is 13.7. The zero-order valence-electron chi connectivity index (χ0n) is 11.5. The maximum atomic E-state index is 8.77. The van der Waals surface area contributed by atoms with Crippen LogP contribution in [0.3, 0.4) is 0 Å². The van der Waals surface area contributed by atoms with E-state index in [0.717, 1.165) is 6.54 Å². The maximum absolute atomic E-state index is 8.77. The van der Waals surface area contributed by atoms with E-state index in [9.17, 15) is 0 Å². The van der Waals surface area contributed by atoms with Crippen LogP contribution in [0.15, 0.2) is 12.1 Å². The predicted molar refractivity (Wildman–Crippen MR) is 71.8 cm³/mol. The second-order valence-electron chi connectivity index (χ2n) is 4.97. The minimum atomic E-state index is 0.0588. The third kappa shape index (κ3) is 3.57. The van der Waals surface area contributed by atoms with Gasteiger partial charge in [-0.1, -0.05) is 17.7 Å². The number of nitrogens with one attached hydrogen (secondary N) is 1. The van der Waals surface area contributed by atoms with Crippen molar-refractivity contribution >= 4 is 0 Å². The summed E-state index contributed by atoms with van der Waals surface area (Å²) in [5.41, 5.74) is 5.32. The SMILES string of the molecule is Cc1cc(C)c(C(C)NCC(C)C#N)c(C)c1. The molecular formula is C15H22N2. The molecule has 2 atom stereocenters. The van der Waals surface area contributed by atoms with Crippen molar-refractivity contribution in [2.75, 3.05) is 6.54 Å². The highest BCUT2D eigenvalue weighted by Crippen LogP contribution is 2.23. The van der Waals surface area contributed by atoms with Gasteiger partial charge in [-0.25, -0.2) is 0 Å². The standard InChI is InChI=1S/C15H22N2/c1-10-6-12(3)15(13(4)7-10)14(5)17-9-11(2)8-16/h6-7,11,14,17H,9H2,1-5H3. The summed E-state index contributed by atoms with van der Waals surface area (Å²) in [7, 11) is 0. The molecule has 2 nitrogen and oxygen atoms in total. The summed E-state index contributed by atoms with van der Waals surface area (Å²) in [4.78, 5) is 0. The van der Waals surface area contributed by atoms with Gasteiger partial charge in [-0.3, -0.25) is 0 Å². The van der Waals surface area contributed by atoms with Gasteiger partial charge in [0.15, 0.2) is 0 Å². The van der Waals surface area contributed by atoms with Crippen LogP contribution in [-0.2, 0) is 0 Å². The fraction of sp³-hybridized carbons (Fsp3) is 0.533. The minimum absolute atomic E-state index is 0.0588. The summed E-state index contributed by atoms with van der Waals surface area (Å²) in [6.07, 6.45) is 0. The molecule has 0 radical (unpaired) electrons. The molecule has 1 aromatic carbocycles. The van der Waals surface area contributed by atoms with Crippen LogP contribution in [0, 0.1) is 38.0 Å². The van der Waals surface area contributed by atoms with Crippen molar-refractivity contribution < 1.29 is 0 Å². The Kier molecular flexibility index (Phi) is 4.72. The number of benzene rings is 1. The normalized spacial score (nSPS) is 14.1. The molecule has 0 aromatic heterocycles. The highest BCUT2D eigenvalue weighted by Gasteiger charge is 2.12. The Morgan fingerprint density at radius 1 is 1.18 bits per heavy atom. The molecule has 0 heterocycles. The second kappa shape index (κ2) is 5.84. The molecular weight excluding hydrogens is 208 g/mol. The Morgan fingerprint density at radius 2 is 1.71 bits per heavy atom. The van der Waals surface area contributed by atoms with Gasteiger partial charge in [0.2, 0.25) is 0 Å². The van der Waals surface area contributed by atoms with Gasteiger partial charge < -0.3 is 5.32 Å². The van der Waals surface area contributed by atoms with E-state index < -0.39 is 0 Å². The van der Waals surface area contributed by atoms with Crippen LogP contribution in [0.4, 0.5) is 0 Å². The van der Waals surface area contributed by atoms with Crippen LogP contribution in [0.1, 0.15) is 42.1 Å². The van der Waals surface area contributed by atoms with E-state index in [4.69, 9.17) is 5.26 Å². The maximum Gasteiger partial charge on any atom is 0.0666 e. The Labute approximate surface area is 105 Å². The summed E-state index contributed by atoms with van der Waals surface area (Å²) < 4.78 is 0. The lowest BCUT2D eigenvalue weighted by Gasteiger charge is -2.20. The third-order valence-electron chi connectivity index (χ3n) is 3.12. The molecule has 0 bridgehead atoms. The number of hydrogen-bond donors (Lipinski definition) is 1. The molecule has 2 heteroatoms. The quantitative estimate of drug-likeness (QED) is 0.860. The Balaban J connectivity index is 2.83. The molecule has 2 unspecified atom stereocenters. The van der Waals surface area contributed by atoms with Crippen molar-refractivity contribution in [3.05, 3.63) is 34.4 Å². The molecule has 0 amide bonds. The lowest BCUT2D eigenvalue weighted by atomic mass is 9.94.